The van der Waals surface area contributed by atoms with Crippen molar-refractivity contribution in [2.45, 2.75) is 58.5 Å². The summed E-state index contributed by atoms with van der Waals surface area (Å²) in [6.07, 6.45) is 5.38. The van der Waals surface area contributed by atoms with Crippen molar-refractivity contribution in [1.29, 1.82) is 0 Å². The zero-order valence-electron chi connectivity index (χ0n) is 12.9. The number of phenols is 1. The molecule has 112 valence electrons. The highest BCUT2D eigenvalue weighted by Crippen LogP contribution is 2.41. The summed E-state index contributed by atoms with van der Waals surface area (Å²) in [7, 11) is 0. The summed E-state index contributed by atoms with van der Waals surface area (Å²) >= 11 is 0. The maximum atomic E-state index is 10.3. The Labute approximate surface area is 122 Å². The van der Waals surface area contributed by atoms with E-state index in [-0.39, 0.29) is 11.5 Å². The van der Waals surface area contributed by atoms with Crippen LogP contribution in [0.5, 0.6) is 11.5 Å². The molecular formula is C17H27NO2. The monoisotopic (exact) mass is 277 g/mol. The Morgan fingerprint density at radius 2 is 2.10 bits per heavy atom. The van der Waals surface area contributed by atoms with Crippen molar-refractivity contribution in [1.82, 2.24) is 0 Å². The van der Waals surface area contributed by atoms with Gasteiger partial charge in [-0.2, -0.15) is 0 Å². The van der Waals surface area contributed by atoms with Crippen molar-refractivity contribution in [2.24, 2.45) is 11.7 Å². The van der Waals surface area contributed by atoms with Crippen LogP contribution in [-0.2, 0) is 12.8 Å². The third-order valence-corrected chi connectivity index (χ3v) is 4.41. The van der Waals surface area contributed by atoms with E-state index in [2.05, 4.69) is 26.8 Å². The van der Waals surface area contributed by atoms with Gasteiger partial charge in [0.15, 0.2) is 0 Å². The largest absolute Gasteiger partial charge is 0.508 e. The fourth-order valence-electron chi connectivity index (χ4n) is 2.93. The van der Waals surface area contributed by atoms with Gasteiger partial charge in [-0.15, -0.1) is 0 Å². The van der Waals surface area contributed by atoms with Crippen molar-refractivity contribution in [3.8, 4) is 11.5 Å². The standard InChI is InChI=1S/C17H27NO2/c1-4-5-6-7-12-8-15(19)14-10-13(11-18)17(2,3)20-16(14)9-12/h8-9,13,19H,4-7,10-11,18H2,1-3H3. The Morgan fingerprint density at radius 3 is 2.75 bits per heavy atom. The fraction of sp³-hybridized carbons (Fsp3) is 0.647. The van der Waals surface area contributed by atoms with Crippen LogP contribution >= 0.6 is 0 Å². The van der Waals surface area contributed by atoms with Gasteiger partial charge in [0, 0.05) is 11.5 Å². The third-order valence-electron chi connectivity index (χ3n) is 4.41. The number of fused-ring (bicyclic) bond motifs is 1. The van der Waals surface area contributed by atoms with Crippen molar-refractivity contribution in [2.75, 3.05) is 6.54 Å². The molecular weight excluding hydrogens is 250 g/mol. The summed E-state index contributed by atoms with van der Waals surface area (Å²) < 4.78 is 6.11. The lowest BCUT2D eigenvalue weighted by atomic mass is 9.82. The van der Waals surface area contributed by atoms with Gasteiger partial charge < -0.3 is 15.6 Å². The third kappa shape index (κ3) is 3.09. The van der Waals surface area contributed by atoms with E-state index in [9.17, 15) is 5.11 Å². The number of phenolic OH excluding ortho intramolecular Hbond substituents is 1. The van der Waals surface area contributed by atoms with Crippen LogP contribution in [0.2, 0.25) is 0 Å². The number of aromatic hydroxyl groups is 1. The molecule has 0 saturated heterocycles. The van der Waals surface area contributed by atoms with E-state index in [1.54, 1.807) is 0 Å². The molecule has 0 amide bonds. The first kappa shape index (κ1) is 15.2. The molecule has 0 spiro atoms. The van der Waals surface area contributed by atoms with Crippen LogP contribution in [0.25, 0.3) is 0 Å². The lowest BCUT2D eigenvalue weighted by molar-refractivity contribution is 0.0300. The summed E-state index contributed by atoms with van der Waals surface area (Å²) in [5, 5.41) is 10.3. The normalized spacial score (nSPS) is 20.3. The number of hydrogen-bond donors (Lipinski definition) is 2. The molecule has 0 aromatic heterocycles. The predicted octanol–water partition coefficient (Wildman–Crippen LogP) is 3.41. The second-order valence-electron chi connectivity index (χ2n) is 6.39. The maximum Gasteiger partial charge on any atom is 0.127 e. The summed E-state index contributed by atoms with van der Waals surface area (Å²) in [6, 6.07) is 3.99. The first-order valence-electron chi connectivity index (χ1n) is 7.71. The van der Waals surface area contributed by atoms with Gasteiger partial charge in [-0.1, -0.05) is 19.8 Å². The Hall–Kier alpha value is -1.22. The van der Waals surface area contributed by atoms with E-state index >= 15 is 0 Å². The quantitative estimate of drug-likeness (QED) is 0.811. The minimum absolute atomic E-state index is 0.242. The molecule has 2 rings (SSSR count). The molecule has 1 aromatic carbocycles. The molecule has 0 fully saturated rings. The van der Waals surface area contributed by atoms with E-state index in [0.29, 0.717) is 12.3 Å². The highest BCUT2D eigenvalue weighted by Gasteiger charge is 2.37. The fourth-order valence-corrected chi connectivity index (χ4v) is 2.93. The van der Waals surface area contributed by atoms with Gasteiger partial charge in [0.2, 0.25) is 0 Å². The summed E-state index contributed by atoms with van der Waals surface area (Å²) in [5.74, 6) is 1.45. The number of ether oxygens (including phenoxy) is 1. The average molecular weight is 277 g/mol. The van der Waals surface area contributed by atoms with Gasteiger partial charge >= 0.3 is 0 Å². The molecule has 1 atom stereocenters. The van der Waals surface area contributed by atoms with Gasteiger partial charge in [0.25, 0.3) is 0 Å². The Balaban J connectivity index is 2.24. The molecule has 0 radical (unpaired) electrons. The van der Waals surface area contributed by atoms with Gasteiger partial charge in [0.1, 0.15) is 17.1 Å². The van der Waals surface area contributed by atoms with Crippen LogP contribution in [-0.4, -0.2) is 17.3 Å². The minimum Gasteiger partial charge on any atom is -0.508 e. The number of rotatable bonds is 5. The molecule has 20 heavy (non-hydrogen) atoms. The lowest BCUT2D eigenvalue weighted by Gasteiger charge is -2.40. The molecule has 0 aliphatic carbocycles. The average Bonchev–Trinajstić information content (AvgIpc) is 2.37. The number of hydrogen-bond acceptors (Lipinski definition) is 3. The van der Waals surface area contributed by atoms with E-state index in [1.165, 1.54) is 12.8 Å². The van der Waals surface area contributed by atoms with Gasteiger partial charge in [0.05, 0.1) is 0 Å². The lowest BCUT2D eigenvalue weighted by Crippen LogP contribution is -2.45. The molecule has 0 bridgehead atoms. The predicted molar refractivity (Wildman–Crippen MR) is 82.3 cm³/mol. The highest BCUT2D eigenvalue weighted by atomic mass is 16.5. The van der Waals surface area contributed by atoms with Crippen molar-refractivity contribution >= 4 is 0 Å². The van der Waals surface area contributed by atoms with Crippen molar-refractivity contribution in [3.63, 3.8) is 0 Å². The Kier molecular flexibility index (Phi) is 4.59. The molecule has 1 unspecified atom stereocenters. The highest BCUT2D eigenvalue weighted by molar-refractivity contribution is 5.49. The van der Waals surface area contributed by atoms with Crippen molar-refractivity contribution < 1.29 is 9.84 Å². The topological polar surface area (TPSA) is 55.5 Å². The van der Waals surface area contributed by atoms with Gasteiger partial charge in [-0.25, -0.2) is 0 Å². The molecule has 3 N–H and O–H groups in total. The molecule has 3 nitrogen and oxygen atoms in total. The second kappa shape index (κ2) is 6.04. The molecule has 0 saturated carbocycles. The minimum atomic E-state index is -0.268. The van der Waals surface area contributed by atoms with Crippen LogP contribution in [0, 0.1) is 5.92 Å². The van der Waals surface area contributed by atoms with Gasteiger partial charge in [-0.3, -0.25) is 0 Å². The number of aryl methyl sites for hydroxylation is 1. The number of unbranched alkanes of at least 4 members (excludes halogenated alkanes) is 2. The number of benzene rings is 1. The maximum absolute atomic E-state index is 10.3. The molecule has 1 aromatic rings. The van der Waals surface area contributed by atoms with Crippen LogP contribution in [0.3, 0.4) is 0 Å². The summed E-state index contributed by atoms with van der Waals surface area (Å²) in [5.41, 5.74) is 7.65. The zero-order valence-corrected chi connectivity index (χ0v) is 12.9. The van der Waals surface area contributed by atoms with Crippen LogP contribution in [0.4, 0.5) is 0 Å². The zero-order chi connectivity index (χ0) is 14.8. The van der Waals surface area contributed by atoms with E-state index in [0.717, 1.165) is 36.1 Å². The molecule has 1 heterocycles. The second-order valence-corrected chi connectivity index (χ2v) is 6.39. The summed E-state index contributed by atoms with van der Waals surface area (Å²) in [4.78, 5) is 0. The van der Waals surface area contributed by atoms with E-state index < -0.39 is 0 Å². The first-order chi connectivity index (χ1) is 9.47. The molecule has 1 aliphatic heterocycles. The number of nitrogens with two attached hydrogens (primary N) is 1. The van der Waals surface area contributed by atoms with E-state index in [1.807, 2.05) is 6.07 Å². The Morgan fingerprint density at radius 1 is 1.35 bits per heavy atom. The van der Waals surface area contributed by atoms with Gasteiger partial charge in [-0.05, 0) is 57.4 Å². The van der Waals surface area contributed by atoms with E-state index in [4.69, 9.17) is 10.5 Å². The van der Waals surface area contributed by atoms with Crippen LogP contribution < -0.4 is 10.5 Å². The Bertz CT molecular complexity index is 468. The molecule has 3 heteroatoms. The van der Waals surface area contributed by atoms with Crippen LogP contribution in [0.15, 0.2) is 12.1 Å². The molecule has 1 aliphatic rings. The SMILES string of the molecule is CCCCCc1cc(O)c2c(c1)OC(C)(C)C(CN)C2. The first-order valence-corrected chi connectivity index (χ1v) is 7.71. The summed E-state index contributed by atoms with van der Waals surface area (Å²) in [6.45, 7) is 6.93. The smallest absolute Gasteiger partial charge is 0.127 e. The van der Waals surface area contributed by atoms with Crippen molar-refractivity contribution in [3.05, 3.63) is 23.3 Å². The van der Waals surface area contributed by atoms with Crippen LogP contribution in [0.1, 0.15) is 51.2 Å².